The first-order valence-corrected chi connectivity index (χ1v) is 8.54. The molecule has 1 atom stereocenters. The van der Waals surface area contributed by atoms with Gasteiger partial charge in [-0.3, -0.25) is 14.3 Å². The van der Waals surface area contributed by atoms with Crippen LogP contribution in [0.5, 0.6) is 5.88 Å². The van der Waals surface area contributed by atoms with E-state index in [-0.39, 0.29) is 47.0 Å². The van der Waals surface area contributed by atoms with Gasteiger partial charge in [0.15, 0.2) is 5.88 Å². The number of rotatable bonds is 6. The van der Waals surface area contributed by atoms with E-state index in [4.69, 9.17) is 5.26 Å². The van der Waals surface area contributed by atoms with Gasteiger partial charge in [0.2, 0.25) is 0 Å². The van der Waals surface area contributed by atoms with E-state index in [1.807, 2.05) is 6.07 Å². The van der Waals surface area contributed by atoms with Crippen LogP contribution in [0.2, 0.25) is 0 Å². The molecule has 0 aliphatic carbocycles. The Morgan fingerprint density at radius 3 is 2.58 bits per heavy atom. The van der Waals surface area contributed by atoms with Crippen molar-refractivity contribution in [2.45, 2.75) is 19.1 Å². The zero-order chi connectivity index (χ0) is 21.9. The molecule has 3 aromatic heterocycles. The van der Waals surface area contributed by atoms with Crippen molar-refractivity contribution in [1.82, 2.24) is 19.5 Å². The predicted octanol–water partition coefficient (Wildman–Crippen LogP) is -0.175. The maximum absolute atomic E-state index is 11.8. The second-order valence-electron chi connectivity index (χ2n) is 5.63. The summed E-state index contributed by atoms with van der Waals surface area (Å²) in [4.78, 5) is 22.8. The maximum atomic E-state index is 11.8. The number of anilines is 1. The van der Waals surface area contributed by atoms with E-state index in [0.717, 1.165) is 12.4 Å². The SMILES string of the molecule is FC(F)Oc1cn[c-]cn1.[CH2-]CC([CH2-])Nc1ccc(-n2cc(C#N)ccc2=O)cn1.[Na+]. The molecule has 0 spiro atoms. The van der Waals surface area contributed by atoms with Crippen molar-refractivity contribution in [3.63, 3.8) is 0 Å². The van der Waals surface area contributed by atoms with Crippen molar-refractivity contribution in [1.29, 1.82) is 5.26 Å². The van der Waals surface area contributed by atoms with Gasteiger partial charge in [-0.05, 0) is 24.4 Å². The standard InChI is InChI=1S/C15H14N4O.C5H3F2N2O.Na/c1-3-11(2)18-14-6-5-13(9-17-14)19-10-12(8-16)4-7-15(19)20;6-5(7)10-4-3-8-1-2-9-4;/h4-7,9-11H,1-3H2,(H,17,18);2-3,5H;/q-2;-1;+1. The molecule has 3 heterocycles. The number of nitriles is 1. The summed E-state index contributed by atoms with van der Waals surface area (Å²) < 4.78 is 28.1. The minimum Gasteiger partial charge on any atom is -0.453 e. The summed E-state index contributed by atoms with van der Waals surface area (Å²) in [5, 5.41) is 11.9. The van der Waals surface area contributed by atoms with Gasteiger partial charge in [0.25, 0.3) is 5.56 Å². The number of aromatic nitrogens is 4. The third kappa shape index (κ3) is 8.80. The van der Waals surface area contributed by atoms with Gasteiger partial charge in [0, 0.05) is 12.3 Å². The van der Waals surface area contributed by atoms with E-state index >= 15 is 0 Å². The molecular weight excluding hydrogens is 417 g/mol. The first kappa shape index (κ1) is 26.2. The Bertz CT molecular complexity index is 1030. The average Bonchev–Trinajstić information content (AvgIpc) is 2.75. The third-order valence-corrected chi connectivity index (χ3v) is 3.48. The van der Waals surface area contributed by atoms with Gasteiger partial charge in [0.1, 0.15) is 11.9 Å². The molecule has 3 rings (SSSR count). The van der Waals surface area contributed by atoms with Crippen LogP contribution in [0.1, 0.15) is 12.0 Å². The molecule has 8 nitrogen and oxygen atoms in total. The summed E-state index contributed by atoms with van der Waals surface area (Å²) in [6.45, 7) is 4.76. The fourth-order valence-corrected chi connectivity index (χ4v) is 2.05. The molecule has 0 fully saturated rings. The summed E-state index contributed by atoms with van der Waals surface area (Å²) in [5.74, 6) is 0.468. The van der Waals surface area contributed by atoms with Gasteiger partial charge < -0.3 is 28.9 Å². The topological polar surface area (TPSA) is 106 Å². The molecule has 0 bridgehead atoms. The average molecular weight is 434 g/mol. The van der Waals surface area contributed by atoms with Crippen LogP contribution in [-0.2, 0) is 0 Å². The molecule has 0 saturated heterocycles. The summed E-state index contributed by atoms with van der Waals surface area (Å²) >= 11 is 0. The molecule has 1 unspecified atom stereocenters. The van der Waals surface area contributed by atoms with Crippen molar-refractivity contribution in [3.8, 4) is 17.6 Å². The molecule has 0 saturated carbocycles. The zero-order valence-electron chi connectivity index (χ0n) is 16.7. The fourth-order valence-electron chi connectivity index (χ4n) is 2.05. The number of alkyl halides is 2. The van der Waals surface area contributed by atoms with Gasteiger partial charge in [-0.1, -0.05) is 6.20 Å². The molecule has 31 heavy (non-hydrogen) atoms. The number of ether oxygens (including phenoxy) is 1. The van der Waals surface area contributed by atoms with E-state index in [0.29, 0.717) is 23.5 Å². The molecule has 11 heteroatoms. The molecule has 156 valence electrons. The van der Waals surface area contributed by atoms with Crippen molar-refractivity contribution in [2.24, 2.45) is 0 Å². The van der Waals surface area contributed by atoms with Crippen LogP contribution in [0.25, 0.3) is 5.69 Å². The van der Waals surface area contributed by atoms with E-state index < -0.39 is 6.61 Å². The van der Waals surface area contributed by atoms with E-state index in [1.54, 1.807) is 18.3 Å². The summed E-state index contributed by atoms with van der Waals surface area (Å²) in [7, 11) is 0. The van der Waals surface area contributed by atoms with Crippen LogP contribution in [0.3, 0.4) is 0 Å². The predicted molar refractivity (Wildman–Crippen MR) is 105 cm³/mol. The number of nitrogens with one attached hydrogen (secondary N) is 1. The normalized spacial score (nSPS) is 10.7. The van der Waals surface area contributed by atoms with Crippen LogP contribution >= 0.6 is 0 Å². The summed E-state index contributed by atoms with van der Waals surface area (Å²) in [6.07, 6.45) is 8.24. The van der Waals surface area contributed by atoms with E-state index in [9.17, 15) is 13.6 Å². The second kappa shape index (κ2) is 13.4. The number of hydrogen-bond donors (Lipinski definition) is 1. The van der Waals surface area contributed by atoms with Crippen LogP contribution < -0.4 is 45.2 Å². The van der Waals surface area contributed by atoms with E-state index in [2.05, 4.69) is 45.0 Å². The number of nitrogens with zero attached hydrogens (tertiary/aromatic N) is 5. The van der Waals surface area contributed by atoms with Gasteiger partial charge >= 0.3 is 36.2 Å². The molecule has 0 radical (unpaired) electrons. The van der Waals surface area contributed by atoms with Gasteiger partial charge in [-0.25, -0.2) is 4.98 Å². The minimum atomic E-state index is -2.85. The Kier molecular flexibility index (Phi) is 11.3. The first-order valence-electron chi connectivity index (χ1n) is 8.54. The molecule has 0 aliphatic heterocycles. The Morgan fingerprint density at radius 2 is 2.03 bits per heavy atom. The summed E-state index contributed by atoms with van der Waals surface area (Å²) in [5.41, 5.74) is 0.814. The Balaban J connectivity index is 0.000000370. The fraction of sp³-hybridized carbons (Fsp3) is 0.150. The molecule has 0 aliphatic rings. The summed E-state index contributed by atoms with van der Waals surface area (Å²) in [6, 6.07) is 8.35. The molecular formula is C20H17F2N6NaO2-2. The number of halogens is 2. The Hall–Kier alpha value is -2.87. The number of hydrogen-bond acceptors (Lipinski definition) is 7. The third-order valence-electron chi connectivity index (χ3n) is 3.48. The number of pyridine rings is 2. The van der Waals surface area contributed by atoms with Crippen LogP contribution in [0.4, 0.5) is 14.6 Å². The Morgan fingerprint density at radius 1 is 1.26 bits per heavy atom. The van der Waals surface area contributed by atoms with Crippen molar-refractivity contribution >= 4 is 5.82 Å². The van der Waals surface area contributed by atoms with Crippen molar-refractivity contribution in [2.75, 3.05) is 5.32 Å². The van der Waals surface area contributed by atoms with Crippen LogP contribution in [0.15, 0.2) is 53.8 Å². The molecule has 0 aromatic carbocycles. The quantitative estimate of drug-likeness (QED) is 0.424. The van der Waals surface area contributed by atoms with Gasteiger partial charge in [-0.15, -0.1) is 12.2 Å². The first-order chi connectivity index (χ1) is 14.4. The largest absolute Gasteiger partial charge is 1.00 e. The van der Waals surface area contributed by atoms with Gasteiger partial charge in [-0.2, -0.15) is 20.5 Å². The van der Waals surface area contributed by atoms with Crippen molar-refractivity contribution < 1.29 is 43.1 Å². The smallest absolute Gasteiger partial charge is 0.453 e. The van der Waals surface area contributed by atoms with Crippen LogP contribution in [0, 0.1) is 31.4 Å². The maximum Gasteiger partial charge on any atom is 1.00 e. The monoisotopic (exact) mass is 434 g/mol. The van der Waals surface area contributed by atoms with Gasteiger partial charge in [0.05, 0.1) is 17.4 Å². The van der Waals surface area contributed by atoms with Crippen molar-refractivity contribution in [3.05, 3.63) is 85.0 Å². The molecule has 3 aromatic rings. The Labute approximate surface area is 200 Å². The zero-order valence-corrected chi connectivity index (χ0v) is 18.7. The second-order valence-corrected chi connectivity index (χ2v) is 5.63. The van der Waals surface area contributed by atoms with Crippen LogP contribution in [-0.4, -0.2) is 32.2 Å². The van der Waals surface area contributed by atoms with E-state index in [1.165, 1.54) is 22.9 Å². The minimum absolute atomic E-state index is 0. The molecule has 0 amide bonds. The molecule has 1 N–H and O–H groups in total.